The lowest BCUT2D eigenvalue weighted by Gasteiger charge is -1.90. The molecular weight excluding hydrogens is 362 g/mol. The van der Waals surface area contributed by atoms with Crippen LogP contribution in [0.4, 0.5) is 0 Å². The molecule has 0 fully saturated rings. The van der Waals surface area contributed by atoms with Crippen molar-refractivity contribution in [2.45, 2.75) is 60.8 Å². The lowest BCUT2D eigenvalue weighted by Crippen LogP contribution is -1.70. The number of unbranched alkanes of at least 4 members (excludes halogenated alkanes) is 4. The zero-order chi connectivity index (χ0) is 7.54. The van der Waals surface area contributed by atoms with E-state index in [-0.39, 0.29) is 14.9 Å². The first-order valence-corrected chi connectivity index (χ1v) is 9.84. The molecule has 0 aliphatic carbocycles. The van der Waals surface area contributed by atoms with E-state index < -0.39 is 0 Å². The van der Waals surface area contributed by atoms with Crippen molar-refractivity contribution in [2.75, 3.05) is 0 Å². The van der Waals surface area contributed by atoms with Crippen LogP contribution < -0.4 is 0 Å². The van der Waals surface area contributed by atoms with Crippen molar-refractivity contribution in [2.24, 2.45) is 0 Å². The Morgan fingerprint density at radius 3 is 1.18 bits per heavy atom. The number of rotatable bonds is 4. The van der Waals surface area contributed by atoms with Crippen molar-refractivity contribution in [3.63, 3.8) is 0 Å². The summed E-state index contributed by atoms with van der Waals surface area (Å²) < 4.78 is 0. The Morgan fingerprint density at radius 1 is 0.727 bits per heavy atom. The van der Waals surface area contributed by atoms with Gasteiger partial charge in [0.05, 0.1) is 0 Å². The normalized spacial score (nSPS) is 6.55. The molecule has 74 valence electrons. The molecule has 0 aliphatic rings. The summed E-state index contributed by atoms with van der Waals surface area (Å²) in [6, 6.07) is 0. The second-order valence-corrected chi connectivity index (χ2v) is 2.06. The molecule has 0 unspecified atom stereocenters. The van der Waals surface area contributed by atoms with Crippen molar-refractivity contribution in [1.29, 1.82) is 0 Å². The number of halogens is 2. The first kappa shape index (κ1) is 22.9. The third-order valence-corrected chi connectivity index (χ3v) is 1.21. The fourth-order valence-corrected chi connectivity index (χ4v) is 0.677. The highest BCUT2D eigenvalue weighted by Gasteiger charge is 1.80. The Bertz CT molecular complexity index is 26.7. The van der Waals surface area contributed by atoms with E-state index in [0.717, 1.165) is 0 Å². The highest BCUT2D eigenvalue weighted by atomic mass is 128. The Balaban J connectivity index is -0.0000000564. The summed E-state index contributed by atoms with van der Waals surface area (Å²) in [7, 11) is 0. The van der Waals surface area contributed by atoms with Gasteiger partial charge >= 0.3 is 0 Å². The van der Waals surface area contributed by atoms with E-state index >= 15 is 0 Å². The molecule has 0 aliphatic heterocycles. The molecule has 0 aromatic rings. The second-order valence-electron chi connectivity index (χ2n) is 2.06. The van der Waals surface area contributed by atoms with Gasteiger partial charge in [-0.3, -0.25) is 0 Å². The number of hydrogen-bond donors (Lipinski definition) is 0. The van der Waals surface area contributed by atoms with E-state index in [1.54, 1.807) is 0 Å². The summed E-state index contributed by atoms with van der Waals surface area (Å²) in [6.07, 6.45) is 7.01. The van der Waals surface area contributed by atoms with E-state index in [1.807, 2.05) is 0 Å². The maximum atomic E-state index is 2.25. The molecular formula is C9H24I2. The van der Waals surface area contributed by atoms with Gasteiger partial charge in [-0.05, 0) is 0 Å². The van der Waals surface area contributed by atoms with Gasteiger partial charge in [0.15, 0.2) is 0 Å². The topological polar surface area (TPSA) is 0 Å². The molecule has 2 heteroatoms. The van der Waals surface area contributed by atoms with Crippen molar-refractivity contribution in [3.8, 4) is 0 Å². The molecule has 0 nitrogen and oxygen atoms in total. The molecule has 0 atom stereocenters. The minimum absolute atomic E-state index is 0. The average molecular weight is 386 g/mol. The van der Waals surface area contributed by atoms with E-state index in [1.165, 1.54) is 32.1 Å². The molecule has 0 aromatic heterocycles. The van der Waals surface area contributed by atoms with Gasteiger partial charge in [-0.25, -0.2) is 0 Å². The van der Waals surface area contributed by atoms with Crippen LogP contribution in [0, 0.1) is 0 Å². The first-order valence-electron chi connectivity index (χ1n) is 3.56. The SMILES string of the molecule is C.C.CCCCCCC.II. The van der Waals surface area contributed by atoms with Crippen molar-refractivity contribution in [3.05, 3.63) is 0 Å². The average Bonchev–Trinajstić information content (AvgIpc) is 1.94. The van der Waals surface area contributed by atoms with Crippen LogP contribution in [0.25, 0.3) is 0 Å². The minimum Gasteiger partial charge on any atom is -0.0776 e. The van der Waals surface area contributed by atoms with Gasteiger partial charge < -0.3 is 0 Å². The minimum atomic E-state index is 0. The summed E-state index contributed by atoms with van der Waals surface area (Å²) >= 11 is 4.24. The van der Waals surface area contributed by atoms with E-state index in [4.69, 9.17) is 0 Å². The largest absolute Gasteiger partial charge is 0.0776 e. The van der Waals surface area contributed by atoms with Crippen LogP contribution in [0.3, 0.4) is 0 Å². The second kappa shape index (κ2) is 30.0. The molecule has 0 saturated heterocycles. The predicted octanol–water partition coefficient (Wildman–Crippen LogP) is 6.02. The van der Waals surface area contributed by atoms with Crippen LogP contribution >= 0.6 is 37.2 Å². The van der Waals surface area contributed by atoms with Crippen LogP contribution in [0.15, 0.2) is 0 Å². The van der Waals surface area contributed by atoms with Gasteiger partial charge in [0.25, 0.3) is 0 Å². The molecule has 0 aromatic carbocycles. The number of hydrogen-bond acceptors (Lipinski definition) is 0. The molecule has 0 rings (SSSR count). The Kier molecular flexibility index (Phi) is 62.5. The van der Waals surface area contributed by atoms with Crippen LogP contribution in [0.2, 0.25) is 0 Å². The molecule has 0 amide bonds. The highest BCUT2D eigenvalue weighted by molar-refractivity contribution is 15.0. The lowest BCUT2D eigenvalue weighted by atomic mass is 10.2. The van der Waals surface area contributed by atoms with Gasteiger partial charge in [-0.1, -0.05) is 60.8 Å². The van der Waals surface area contributed by atoms with Crippen molar-refractivity contribution >= 4 is 37.2 Å². The third kappa shape index (κ3) is 34.4. The molecule has 0 heterocycles. The molecule has 0 spiro atoms. The third-order valence-electron chi connectivity index (χ3n) is 1.21. The smallest absolute Gasteiger partial charge is 0 e. The van der Waals surface area contributed by atoms with Crippen molar-refractivity contribution < 1.29 is 0 Å². The summed E-state index contributed by atoms with van der Waals surface area (Å²) in [5, 5.41) is 0. The molecule has 0 radical (unpaired) electrons. The predicted molar refractivity (Wildman–Crippen MR) is 75.9 cm³/mol. The van der Waals surface area contributed by atoms with Crippen LogP contribution in [-0.2, 0) is 0 Å². The van der Waals surface area contributed by atoms with Crippen LogP contribution in [0.1, 0.15) is 60.8 Å². The molecule has 11 heavy (non-hydrogen) atoms. The fourth-order valence-electron chi connectivity index (χ4n) is 0.677. The standard InChI is InChI=1S/C7H16.2CH4.I2/c1-3-5-7-6-4-2;;;1-2/h3-7H2,1-2H3;2*1H4;. The van der Waals surface area contributed by atoms with E-state index in [0.29, 0.717) is 0 Å². The van der Waals surface area contributed by atoms with E-state index in [9.17, 15) is 0 Å². The van der Waals surface area contributed by atoms with Gasteiger partial charge in [0, 0.05) is 37.2 Å². The maximum absolute atomic E-state index is 2.25. The molecule has 0 bridgehead atoms. The highest BCUT2D eigenvalue weighted by Crippen LogP contribution is 2.00. The summed E-state index contributed by atoms with van der Waals surface area (Å²) in [5.74, 6) is 0. The molecule has 0 N–H and O–H groups in total. The molecule has 0 saturated carbocycles. The lowest BCUT2D eigenvalue weighted by molar-refractivity contribution is 0.656. The quantitative estimate of drug-likeness (QED) is 0.410. The van der Waals surface area contributed by atoms with Crippen LogP contribution in [0.5, 0.6) is 0 Å². The zero-order valence-electron chi connectivity index (χ0n) is 6.29. The maximum Gasteiger partial charge on any atom is 0 e. The van der Waals surface area contributed by atoms with E-state index in [2.05, 4.69) is 51.1 Å². The van der Waals surface area contributed by atoms with Crippen molar-refractivity contribution in [1.82, 2.24) is 0 Å². The Hall–Kier alpha value is 1.46. The summed E-state index contributed by atoms with van der Waals surface area (Å²) in [5.41, 5.74) is 0. The van der Waals surface area contributed by atoms with Gasteiger partial charge in [-0.15, -0.1) is 0 Å². The van der Waals surface area contributed by atoms with Gasteiger partial charge in [-0.2, -0.15) is 0 Å². The monoisotopic (exact) mass is 386 g/mol. The van der Waals surface area contributed by atoms with Gasteiger partial charge in [0.2, 0.25) is 0 Å². The Morgan fingerprint density at radius 2 is 1.00 bits per heavy atom. The Labute approximate surface area is 97.2 Å². The van der Waals surface area contributed by atoms with Gasteiger partial charge in [0.1, 0.15) is 0 Å². The summed E-state index contributed by atoms with van der Waals surface area (Å²) in [6.45, 7) is 4.49. The fraction of sp³-hybridized carbons (Fsp3) is 1.00. The van der Waals surface area contributed by atoms with Crippen LogP contribution in [-0.4, -0.2) is 0 Å². The summed E-state index contributed by atoms with van der Waals surface area (Å²) in [4.78, 5) is 0. The first-order chi connectivity index (χ1) is 4.41. The zero-order valence-corrected chi connectivity index (χ0v) is 10.6.